The van der Waals surface area contributed by atoms with E-state index in [-0.39, 0.29) is 16.9 Å². The molecule has 0 aromatic heterocycles. The molecular weight excluding hydrogens is 415 g/mol. The average Bonchev–Trinajstić information content (AvgIpc) is 2.81. The summed E-state index contributed by atoms with van der Waals surface area (Å²) in [6.45, 7) is 17.7. The first-order valence-electron chi connectivity index (χ1n) is 9.26. The fraction of sp³-hybridized carbons (Fsp3) is 0.636. The molecule has 0 saturated heterocycles. The Morgan fingerprint density at radius 2 is 1.72 bits per heavy atom. The second kappa shape index (κ2) is 7.26. The van der Waals surface area contributed by atoms with Crippen LogP contribution < -0.4 is 0 Å². The van der Waals surface area contributed by atoms with E-state index >= 15 is 0 Å². The SMILES string of the molecule is CC(C)OC1(OC2=[C]([Sn])CC=C2)CC=C(C(C)(C)C)C=C1C(C)(C)C. The maximum absolute atomic E-state index is 6.64. The van der Waals surface area contributed by atoms with Gasteiger partial charge in [0, 0.05) is 0 Å². The van der Waals surface area contributed by atoms with Crippen molar-refractivity contribution in [2.45, 2.75) is 80.1 Å². The monoisotopic (exact) mass is 449 g/mol. The van der Waals surface area contributed by atoms with Crippen LogP contribution in [0, 0.1) is 10.8 Å². The molecule has 3 heteroatoms. The molecule has 2 aliphatic carbocycles. The molecule has 0 aromatic rings. The fourth-order valence-electron chi connectivity index (χ4n) is 3.36. The maximum atomic E-state index is 6.64. The molecule has 2 nitrogen and oxygen atoms in total. The molecule has 0 amide bonds. The van der Waals surface area contributed by atoms with E-state index in [0.29, 0.717) is 0 Å². The molecule has 1 unspecified atom stereocenters. The molecule has 3 radical (unpaired) electrons. The van der Waals surface area contributed by atoms with Crippen molar-refractivity contribution >= 4 is 22.5 Å². The van der Waals surface area contributed by atoms with Gasteiger partial charge in [-0.3, -0.25) is 0 Å². The molecule has 0 heterocycles. The Kier molecular flexibility index (Phi) is 6.05. The average molecular weight is 448 g/mol. The van der Waals surface area contributed by atoms with Crippen molar-refractivity contribution in [1.29, 1.82) is 0 Å². The Hall–Kier alpha value is -0.481. The van der Waals surface area contributed by atoms with Gasteiger partial charge in [-0.25, -0.2) is 0 Å². The van der Waals surface area contributed by atoms with Crippen molar-refractivity contribution in [3.05, 3.63) is 44.8 Å². The van der Waals surface area contributed by atoms with E-state index in [2.05, 4.69) is 79.7 Å². The Labute approximate surface area is 167 Å². The van der Waals surface area contributed by atoms with Crippen LogP contribution in [0.2, 0.25) is 0 Å². The van der Waals surface area contributed by atoms with Gasteiger partial charge in [0.2, 0.25) is 0 Å². The summed E-state index contributed by atoms with van der Waals surface area (Å²) in [5, 5.41) is 0. The Morgan fingerprint density at radius 3 is 2.16 bits per heavy atom. The summed E-state index contributed by atoms with van der Waals surface area (Å²) < 4.78 is 14.5. The molecule has 137 valence electrons. The van der Waals surface area contributed by atoms with Gasteiger partial charge in [-0.15, -0.1) is 0 Å². The molecule has 0 N–H and O–H groups in total. The Morgan fingerprint density at radius 1 is 1.08 bits per heavy atom. The van der Waals surface area contributed by atoms with Crippen LogP contribution in [0.4, 0.5) is 0 Å². The van der Waals surface area contributed by atoms with Gasteiger partial charge in [-0.05, 0) is 0 Å². The summed E-state index contributed by atoms with van der Waals surface area (Å²) in [6.07, 6.45) is 10.8. The molecule has 0 aromatic carbocycles. The van der Waals surface area contributed by atoms with Gasteiger partial charge in [0.1, 0.15) is 0 Å². The zero-order valence-electron chi connectivity index (χ0n) is 17.1. The zero-order chi connectivity index (χ0) is 19.0. The van der Waals surface area contributed by atoms with Crippen LogP contribution >= 0.6 is 0 Å². The van der Waals surface area contributed by atoms with Crippen molar-refractivity contribution in [3.63, 3.8) is 0 Å². The Bertz CT molecular complexity index is 636. The first-order chi connectivity index (χ1) is 11.3. The van der Waals surface area contributed by atoms with Crippen LogP contribution in [0.5, 0.6) is 0 Å². The van der Waals surface area contributed by atoms with Crippen molar-refractivity contribution < 1.29 is 9.47 Å². The standard InChI is InChI=1S/C22H33O2.Sn/c1-16(2)23-22(24-18-11-9-10-12-18)14-13-17(20(3,4)5)15-19(22)21(6,7)8;/h9,11,13,15-16H,10,14H2,1-8H3;. The summed E-state index contributed by atoms with van der Waals surface area (Å²) in [6, 6.07) is 0. The predicted octanol–water partition coefficient (Wildman–Crippen LogP) is 5.81. The summed E-state index contributed by atoms with van der Waals surface area (Å²) in [4.78, 5) is 0. The molecule has 25 heavy (non-hydrogen) atoms. The van der Waals surface area contributed by atoms with Crippen LogP contribution in [0.15, 0.2) is 44.8 Å². The molecule has 0 spiro atoms. The summed E-state index contributed by atoms with van der Waals surface area (Å²) in [5.41, 5.74) is 2.68. The van der Waals surface area contributed by atoms with Gasteiger partial charge in [-0.2, -0.15) is 0 Å². The summed E-state index contributed by atoms with van der Waals surface area (Å²) in [7, 11) is 0. The molecule has 2 aliphatic rings. The molecular formula is C22H33O2Sn. The van der Waals surface area contributed by atoms with Crippen molar-refractivity contribution in [2.75, 3.05) is 0 Å². The predicted molar refractivity (Wildman–Crippen MR) is 106 cm³/mol. The minimum atomic E-state index is -0.715. The molecule has 0 aliphatic heterocycles. The number of hydrogen-bond donors (Lipinski definition) is 0. The van der Waals surface area contributed by atoms with Gasteiger partial charge < -0.3 is 0 Å². The summed E-state index contributed by atoms with van der Waals surface area (Å²) in [5.74, 6) is 0.286. The van der Waals surface area contributed by atoms with E-state index < -0.39 is 5.79 Å². The van der Waals surface area contributed by atoms with E-state index in [4.69, 9.17) is 9.47 Å². The van der Waals surface area contributed by atoms with Crippen LogP contribution in [-0.2, 0) is 9.47 Å². The zero-order valence-corrected chi connectivity index (χ0v) is 20.0. The quantitative estimate of drug-likeness (QED) is 0.399. The summed E-state index contributed by atoms with van der Waals surface area (Å²) >= 11 is 1.42. The first kappa shape index (κ1) is 20.8. The van der Waals surface area contributed by atoms with Crippen molar-refractivity contribution in [2.24, 2.45) is 10.8 Å². The Balaban J connectivity index is 2.54. The van der Waals surface area contributed by atoms with Crippen molar-refractivity contribution in [1.82, 2.24) is 0 Å². The molecule has 1 atom stereocenters. The van der Waals surface area contributed by atoms with Crippen molar-refractivity contribution in [3.8, 4) is 0 Å². The third kappa shape index (κ3) is 4.82. The first-order valence-corrected chi connectivity index (χ1v) is 10.7. The van der Waals surface area contributed by atoms with Gasteiger partial charge >= 0.3 is 168 Å². The molecule has 0 fully saturated rings. The topological polar surface area (TPSA) is 18.5 Å². The van der Waals surface area contributed by atoms with Gasteiger partial charge in [0.25, 0.3) is 0 Å². The fourth-order valence-corrected chi connectivity index (χ4v) is 4.08. The van der Waals surface area contributed by atoms with Crippen LogP contribution in [0.1, 0.15) is 68.2 Å². The van der Waals surface area contributed by atoms with Crippen LogP contribution in [-0.4, -0.2) is 34.4 Å². The van der Waals surface area contributed by atoms with E-state index in [0.717, 1.165) is 18.6 Å². The third-order valence-electron chi connectivity index (χ3n) is 4.56. The normalized spacial score (nSPS) is 24.7. The number of hydrogen-bond acceptors (Lipinski definition) is 2. The van der Waals surface area contributed by atoms with E-state index in [9.17, 15) is 0 Å². The second-order valence-electron chi connectivity index (χ2n) is 9.39. The molecule has 2 rings (SSSR count). The van der Waals surface area contributed by atoms with Gasteiger partial charge in [0.15, 0.2) is 0 Å². The van der Waals surface area contributed by atoms with E-state index in [1.54, 1.807) is 0 Å². The third-order valence-corrected chi connectivity index (χ3v) is 5.85. The second-order valence-corrected chi connectivity index (χ2v) is 11.1. The van der Waals surface area contributed by atoms with E-state index in [1.807, 2.05) is 0 Å². The number of ether oxygens (including phenoxy) is 2. The molecule has 0 bridgehead atoms. The van der Waals surface area contributed by atoms with Crippen LogP contribution in [0.25, 0.3) is 0 Å². The van der Waals surface area contributed by atoms with Crippen LogP contribution in [0.3, 0.4) is 0 Å². The van der Waals surface area contributed by atoms with Gasteiger partial charge in [-0.1, -0.05) is 0 Å². The van der Waals surface area contributed by atoms with E-state index in [1.165, 1.54) is 37.3 Å². The molecule has 0 saturated carbocycles. The van der Waals surface area contributed by atoms with Gasteiger partial charge in [0.05, 0.1) is 0 Å². The number of allylic oxidation sites excluding steroid dienone is 5. The minimum absolute atomic E-state index is 0.0379. The number of rotatable bonds is 4.